The number of benzene rings is 1. The van der Waals surface area contributed by atoms with Crippen molar-refractivity contribution >= 4 is 28.6 Å². The molecule has 5 nitrogen and oxygen atoms in total. The molecule has 0 amide bonds. The van der Waals surface area contributed by atoms with Gasteiger partial charge in [0.05, 0.1) is 29.4 Å². The predicted molar refractivity (Wildman–Crippen MR) is 111 cm³/mol. The average Bonchev–Trinajstić information content (AvgIpc) is 3.16. The quantitative estimate of drug-likeness (QED) is 0.418. The molecule has 0 unspecified atom stereocenters. The number of hydrogen-bond donors (Lipinski definition) is 0. The Balaban J connectivity index is 1.80. The predicted octanol–water partition coefficient (Wildman–Crippen LogP) is 4.66. The van der Waals surface area contributed by atoms with Gasteiger partial charge in [0.15, 0.2) is 10.9 Å². The Labute approximate surface area is 164 Å². The first-order valence-corrected chi connectivity index (χ1v) is 10.2. The molecule has 144 valence electrons. The summed E-state index contributed by atoms with van der Waals surface area (Å²) in [4.78, 5) is 17.6. The van der Waals surface area contributed by atoms with E-state index < -0.39 is 0 Å². The summed E-state index contributed by atoms with van der Waals surface area (Å²) in [5, 5.41) is 0.897. The highest BCUT2D eigenvalue weighted by Gasteiger charge is 2.20. The molecule has 0 saturated carbocycles. The van der Waals surface area contributed by atoms with Gasteiger partial charge in [-0.1, -0.05) is 23.9 Å². The van der Waals surface area contributed by atoms with Gasteiger partial charge in [0.25, 0.3) is 0 Å². The van der Waals surface area contributed by atoms with Gasteiger partial charge in [-0.3, -0.25) is 4.79 Å². The van der Waals surface area contributed by atoms with E-state index in [9.17, 15) is 4.79 Å². The minimum atomic E-state index is 0.138. The average molecular weight is 386 g/mol. The van der Waals surface area contributed by atoms with Gasteiger partial charge in [-0.15, -0.1) is 0 Å². The number of hydrogen-bond acceptors (Lipinski definition) is 4. The lowest BCUT2D eigenvalue weighted by Gasteiger charge is -2.17. The molecule has 0 aliphatic heterocycles. The number of carbonyl (C=O) groups excluding carboxylic acids is 1. The highest BCUT2D eigenvalue weighted by atomic mass is 32.2. The minimum Gasteiger partial charge on any atom is -0.383 e. The monoisotopic (exact) mass is 385 g/mol. The Morgan fingerprint density at radius 1 is 1.30 bits per heavy atom. The van der Waals surface area contributed by atoms with Crippen molar-refractivity contribution in [1.82, 2.24) is 14.1 Å². The molecule has 27 heavy (non-hydrogen) atoms. The second-order valence-corrected chi connectivity index (χ2v) is 7.74. The Bertz CT molecular complexity index is 958. The molecule has 0 aliphatic rings. The molecule has 0 bridgehead atoms. The van der Waals surface area contributed by atoms with Crippen molar-refractivity contribution < 1.29 is 9.53 Å². The lowest BCUT2D eigenvalue weighted by Crippen LogP contribution is -2.14. The third-order valence-electron chi connectivity index (χ3n) is 4.90. The minimum absolute atomic E-state index is 0.138. The molecule has 6 heteroatoms. The van der Waals surface area contributed by atoms with Gasteiger partial charge in [0.2, 0.25) is 0 Å². The van der Waals surface area contributed by atoms with Crippen LogP contribution in [0.2, 0.25) is 0 Å². The van der Waals surface area contributed by atoms with Crippen LogP contribution in [0.25, 0.3) is 11.0 Å². The number of methoxy groups -OCH3 is 1. The maximum Gasteiger partial charge on any atom is 0.175 e. The van der Waals surface area contributed by atoms with Crippen LogP contribution in [0.4, 0.5) is 0 Å². The summed E-state index contributed by atoms with van der Waals surface area (Å²) >= 11 is 1.51. The van der Waals surface area contributed by atoms with E-state index in [0.29, 0.717) is 12.4 Å². The van der Waals surface area contributed by atoms with Gasteiger partial charge in [-0.05, 0) is 45.9 Å². The molecular formula is C21H27N3O2S. The Morgan fingerprint density at radius 2 is 2.04 bits per heavy atom. The van der Waals surface area contributed by atoms with E-state index in [1.54, 1.807) is 7.11 Å². The molecule has 0 fully saturated rings. The number of aryl methyl sites for hydroxylation is 2. The zero-order chi connectivity index (χ0) is 19.6. The van der Waals surface area contributed by atoms with Crippen molar-refractivity contribution in [2.75, 3.05) is 19.5 Å². The van der Waals surface area contributed by atoms with Crippen LogP contribution in [0, 0.1) is 13.8 Å². The third-order valence-corrected chi connectivity index (χ3v) is 5.88. The number of para-hydroxylation sites is 2. The van der Waals surface area contributed by atoms with Crippen LogP contribution in [0.1, 0.15) is 41.6 Å². The summed E-state index contributed by atoms with van der Waals surface area (Å²) in [6, 6.07) is 10.3. The fraction of sp³-hybridized carbons (Fsp3) is 0.429. The molecule has 0 N–H and O–H groups in total. The van der Waals surface area contributed by atoms with E-state index in [0.717, 1.165) is 39.7 Å². The largest absolute Gasteiger partial charge is 0.383 e. The number of aromatic nitrogens is 3. The van der Waals surface area contributed by atoms with Crippen molar-refractivity contribution in [3.8, 4) is 0 Å². The number of ether oxygens (including phenoxy) is 1. The summed E-state index contributed by atoms with van der Waals surface area (Å²) < 4.78 is 9.62. The molecule has 3 rings (SSSR count). The van der Waals surface area contributed by atoms with Gasteiger partial charge < -0.3 is 13.9 Å². The Morgan fingerprint density at radius 3 is 2.74 bits per heavy atom. The van der Waals surface area contributed by atoms with Crippen molar-refractivity contribution in [3.63, 3.8) is 0 Å². The highest BCUT2D eigenvalue weighted by molar-refractivity contribution is 7.99. The fourth-order valence-electron chi connectivity index (χ4n) is 3.73. The van der Waals surface area contributed by atoms with E-state index in [2.05, 4.69) is 29.0 Å². The third kappa shape index (κ3) is 3.82. The normalized spacial score (nSPS) is 12.6. The van der Waals surface area contributed by atoms with Crippen molar-refractivity contribution in [1.29, 1.82) is 0 Å². The second kappa shape index (κ2) is 8.31. The first-order chi connectivity index (χ1) is 13.0. The summed E-state index contributed by atoms with van der Waals surface area (Å²) in [5.74, 6) is 0.519. The molecule has 0 aliphatic carbocycles. The maximum absolute atomic E-state index is 12.9. The molecule has 0 radical (unpaired) electrons. The van der Waals surface area contributed by atoms with Gasteiger partial charge >= 0.3 is 0 Å². The number of fused-ring (bicyclic) bond motifs is 1. The number of ketones is 1. The summed E-state index contributed by atoms with van der Waals surface area (Å²) in [6.07, 6.45) is 0. The van der Waals surface area contributed by atoms with Crippen LogP contribution < -0.4 is 0 Å². The van der Waals surface area contributed by atoms with Gasteiger partial charge in [-0.2, -0.15) is 0 Å². The lowest BCUT2D eigenvalue weighted by atomic mass is 10.2. The van der Waals surface area contributed by atoms with Crippen LogP contribution in [-0.4, -0.2) is 39.4 Å². The van der Waals surface area contributed by atoms with Crippen molar-refractivity contribution in [2.24, 2.45) is 0 Å². The summed E-state index contributed by atoms with van der Waals surface area (Å²) in [6.45, 7) is 9.72. The van der Waals surface area contributed by atoms with Crippen LogP contribution in [0.3, 0.4) is 0 Å². The zero-order valence-corrected chi connectivity index (χ0v) is 17.5. The van der Waals surface area contributed by atoms with Crippen LogP contribution in [0.15, 0.2) is 35.5 Å². The summed E-state index contributed by atoms with van der Waals surface area (Å²) in [5.41, 5.74) is 4.97. The molecule has 1 aromatic carbocycles. The second-order valence-electron chi connectivity index (χ2n) is 6.80. The highest BCUT2D eigenvalue weighted by Crippen LogP contribution is 2.26. The van der Waals surface area contributed by atoms with Crippen LogP contribution >= 0.6 is 11.8 Å². The number of rotatable bonds is 8. The smallest absolute Gasteiger partial charge is 0.175 e. The maximum atomic E-state index is 12.9. The van der Waals surface area contributed by atoms with E-state index in [-0.39, 0.29) is 11.8 Å². The van der Waals surface area contributed by atoms with Crippen molar-refractivity contribution in [2.45, 2.75) is 45.4 Å². The molecule has 1 atom stereocenters. The molecular weight excluding hydrogens is 358 g/mol. The zero-order valence-electron chi connectivity index (χ0n) is 16.7. The number of Topliss-reactive ketones (excluding diaryl/α,β-unsaturated/α-hetero) is 1. The van der Waals surface area contributed by atoms with Crippen molar-refractivity contribution in [3.05, 3.63) is 47.3 Å². The molecule has 3 aromatic rings. The topological polar surface area (TPSA) is 49.0 Å². The molecule has 0 saturated heterocycles. The van der Waals surface area contributed by atoms with Gasteiger partial charge in [0.1, 0.15) is 0 Å². The van der Waals surface area contributed by atoms with Crippen LogP contribution in [-0.2, 0) is 11.3 Å². The van der Waals surface area contributed by atoms with E-state index in [1.165, 1.54) is 11.8 Å². The lowest BCUT2D eigenvalue weighted by molar-refractivity contribution is 0.102. The van der Waals surface area contributed by atoms with Crippen LogP contribution in [0.5, 0.6) is 0 Å². The number of nitrogens with zero attached hydrogens (tertiary/aromatic N) is 3. The SMILES string of the molecule is CCn1c(SCC(=O)c2cc(C)n([C@@H](C)COC)c2C)nc2ccccc21. The molecule has 0 spiro atoms. The first kappa shape index (κ1) is 19.7. The first-order valence-electron chi connectivity index (χ1n) is 9.26. The fourth-order valence-corrected chi connectivity index (χ4v) is 4.69. The Hall–Kier alpha value is -2.05. The standard InChI is InChI=1S/C21H27N3O2S/c1-6-23-19-10-8-7-9-18(19)22-21(23)27-13-20(25)17-11-14(2)24(16(17)4)15(3)12-26-5/h7-11,15H,6,12-13H2,1-5H3/t15-/m0/s1. The summed E-state index contributed by atoms with van der Waals surface area (Å²) in [7, 11) is 1.70. The van der Waals surface area contributed by atoms with E-state index in [4.69, 9.17) is 9.72 Å². The van der Waals surface area contributed by atoms with Gasteiger partial charge in [-0.25, -0.2) is 4.98 Å². The van der Waals surface area contributed by atoms with E-state index >= 15 is 0 Å². The van der Waals surface area contributed by atoms with Gasteiger partial charge in [0, 0.05) is 30.6 Å². The number of thioether (sulfide) groups is 1. The molecule has 2 aromatic heterocycles. The molecule has 2 heterocycles. The number of imidazole rings is 1. The Kier molecular flexibility index (Phi) is 6.07. The number of carbonyl (C=O) groups is 1. The van der Waals surface area contributed by atoms with E-state index in [1.807, 2.05) is 38.1 Å².